The Morgan fingerprint density at radius 1 is 1.48 bits per heavy atom. The van der Waals surface area contributed by atoms with Crippen molar-refractivity contribution in [3.05, 3.63) is 24.0 Å². The van der Waals surface area contributed by atoms with Crippen LogP contribution >= 0.6 is 0 Å². The van der Waals surface area contributed by atoms with E-state index in [-0.39, 0.29) is 12.0 Å². The predicted octanol–water partition coefficient (Wildman–Crippen LogP) is 1.45. The first-order valence-corrected chi connectivity index (χ1v) is 7.76. The topological polar surface area (TPSA) is 54.8 Å². The second-order valence-electron chi connectivity index (χ2n) is 5.96. The monoisotopic (exact) mass is 292 g/mol. The molecule has 1 aromatic heterocycles. The Kier molecular flexibility index (Phi) is 4.73. The molecular weight excluding hydrogens is 268 g/mol. The number of ether oxygens (including phenoxy) is 2. The lowest BCUT2D eigenvalue weighted by molar-refractivity contribution is -0.0637. The Morgan fingerprint density at radius 3 is 3.19 bits per heavy atom. The van der Waals surface area contributed by atoms with Crippen molar-refractivity contribution in [1.29, 1.82) is 0 Å². The van der Waals surface area contributed by atoms with E-state index < -0.39 is 0 Å². The molecule has 0 unspecified atom stereocenters. The molecule has 3 atom stereocenters. The van der Waals surface area contributed by atoms with Crippen molar-refractivity contribution in [2.75, 3.05) is 26.9 Å². The molecule has 0 bridgehead atoms. The highest BCUT2D eigenvalue weighted by atomic mass is 16.5. The van der Waals surface area contributed by atoms with Gasteiger partial charge in [0.2, 0.25) is 0 Å². The van der Waals surface area contributed by atoms with Crippen molar-refractivity contribution < 1.29 is 14.6 Å². The summed E-state index contributed by atoms with van der Waals surface area (Å²) in [5.74, 6) is 1.07. The Balaban J connectivity index is 1.68. The van der Waals surface area contributed by atoms with Gasteiger partial charge in [-0.05, 0) is 31.9 Å². The van der Waals surface area contributed by atoms with Gasteiger partial charge in [0, 0.05) is 37.4 Å². The maximum absolute atomic E-state index is 10.3. The highest BCUT2D eigenvalue weighted by molar-refractivity contribution is 5.22. The average molecular weight is 292 g/mol. The van der Waals surface area contributed by atoms with E-state index in [4.69, 9.17) is 9.47 Å². The van der Waals surface area contributed by atoms with Crippen molar-refractivity contribution in [1.82, 2.24) is 9.88 Å². The summed E-state index contributed by atoms with van der Waals surface area (Å²) in [5, 5.41) is 10.3. The zero-order valence-corrected chi connectivity index (χ0v) is 12.6. The average Bonchev–Trinajstić information content (AvgIpc) is 2.96. The van der Waals surface area contributed by atoms with Gasteiger partial charge in [-0.2, -0.15) is 0 Å². The number of methoxy groups -OCH3 is 1. The molecule has 1 N–H and O–H groups in total. The molecule has 1 aromatic rings. The van der Waals surface area contributed by atoms with Gasteiger partial charge in [0.05, 0.1) is 25.5 Å². The van der Waals surface area contributed by atoms with Crippen molar-refractivity contribution in [3.8, 4) is 5.75 Å². The number of nitrogens with zero attached hydrogens (tertiary/aromatic N) is 2. The van der Waals surface area contributed by atoms with Crippen LogP contribution in [0.25, 0.3) is 0 Å². The normalized spacial score (nSPS) is 30.5. The van der Waals surface area contributed by atoms with Crippen molar-refractivity contribution in [2.24, 2.45) is 5.92 Å². The van der Waals surface area contributed by atoms with Gasteiger partial charge in [-0.3, -0.25) is 9.88 Å². The fourth-order valence-corrected chi connectivity index (χ4v) is 3.53. The first-order chi connectivity index (χ1) is 10.3. The molecule has 3 heterocycles. The molecule has 2 saturated heterocycles. The van der Waals surface area contributed by atoms with E-state index in [1.54, 1.807) is 13.3 Å². The summed E-state index contributed by atoms with van der Waals surface area (Å²) in [4.78, 5) is 6.87. The van der Waals surface area contributed by atoms with Gasteiger partial charge >= 0.3 is 0 Å². The molecule has 116 valence electrons. The van der Waals surface area contributed by atoms with Gasteiger partial charge in [0.1, 0.15) is 5.75 Å². The van der Waals surface area contributed by atoms with Crippen LogP contribution in [0.15, 0.2) is 18.3 Å². The zero-order chi connectivity index (χ0) is 14.7. The van der Waals surface area contributed by atoms with Crippen LogP contribution in [0.3, 0.4) is 0 Å². The number of hydrogen-bond acceptors (Lipinski definition) is 5. The zero-order valence-electron chi connectivity index (χ0n) is 12.6. The van der Waals surface area contributed by atoms with Crippen molar-refractivity contribution in [2.45, 2.75) is 38.0 Å². The molecule has 3 rings (SSSR count). The fraction of sp³-hybridized carbons (Fsp3) is 0.688. The second kappa shape index (κ2) is 6.73. The van der Waals surface area contributed by atoms with Crippen LogP contribution in [0.4, 0.5) is 0 Å². The number of aliphatic hydroxyl groups is 1. The number of likely N-dealkylation sites (tertiary alicyclic amines) is 1. The van der Waals surface area contributed by atoms with E-state index in [0.29, 0.717) is 19.3 Å². The highest BCUT2D eigenvalue weighted by Gasteiger charge is 2.37. The molecular formula is C16H24N2O3. The van der Waals surface area contributed by atoms with Crippen LogP contribution in [0.5, 0.6) is 5.75 Å². The second-order valence-corrected chi connectivity index (χ2v) is 5.96. The lowest BCUT2D eigenvalue weighted by Gasteiger charge is -2.36. The maximum Gasteiger partial charge on any atom is 0.122 e. The van der Waals surface area contributed by atoms with E-state index >= 15 is 0 Å². The molecule has 5 nitrogen and oxygen atoms in total. The van der Waals surface area contributed by atoms with Gasteiger partial charge in [-0.15, -0.1) is 0 Å². The van der Waals surface area contributed by atoms with E-state index in [2.05, 4.69) is 9.88 Å². The lowest BCUT2D eigenvalue weighted by atomic mass is 9.89. The Morgan fingerprint density at radius 2 is 2.38 bits per heavy atom. The molecule has 2 aliphatic heterocycles. The number of aliphatic hydroxyl groups excluding tert-OH is 1. The Bertz CT molecular complexity index is 469. The van der Waals surface area contributed by atoms with Gasteiger partial charge in [0.15, 0.2) is 0 Å². The summed E-state index contributed by atoms with van der Waals surface area (Å²) in [6.07, 6.45) is 4.62. The molecule has 21 heavy (non-hydrogen) atoms. The van der Waals surface area contributed by atoms with Crippen LogP contribution in [-0.4, -0.2) is 54.0 Å². The Labute approximate surface area is 125 Å². The minimum atomic E-state index is -0.234. The van der Waals surface area contributed by atoms with Crippen LogP contribution in [0.2, 0.25) is 0 Å². The maximum atomic E-state index is 10.3. The highest BCUT2D eigenvalue weighted by Crippen LogP contribution is 2.31. The van der Waals surface area contributed by atoms with E-state index in [9.17, 15) is 5.11 Å². The first-order valence-electron chi connectivity index (χ1n) is 7.76. The van der Waals surface area contributed by atoms with E-state index in [0.717, 1.165) is 37.4 Å². The molecule has 0 spiro atoms. The lowest BCUT2D eigenvalue weighted by Crippen LogP contribution is -2.45. The first kappa shape index (κ1) is 14.8. The minimum absolute atomic E-state index is 0.229. The standard InChI is InChI=1S/C16H24N2O3/c1-20-13-4-6-17-12(9-13)10-18-7-2-3-15(18)14-11-21-8-5-16(14)19/h4,6,9,14-16,19H,2-3,5,7-8,10-11H2,1H3/t14-,15+,16+/m0/s1. The molecule has 0 saturated carbocycles. The van der Waals surface area contributed by atoms with Gasteiger partial charge < -0.3 is 14.6 Å². The van der Waals surface area contributed by atoms with Gasteiger partial charge in [0.25, 0.3) is 0 Å². The third-order valence-electron chi connectivity index (χ3n) is 4.66. The van der Waals surface area contributed by atoms with E-state index in [1.807, 2.05) is 12.1 Å². The molecule has 2 aliphatic rings. The number of pyridine rings is 1. The molecule has 0 aromatic carbocycles. The third-order valence-corrected chi connectivity index (χ3v) is 4.66. The summed E-state index contributed by atoms with van der Waals surface area (Å²) in [5.41, 5.74) is 1.02. The third kappa shape index (κ3) is 3.36. The van der Waals surface area contributed by atoms with Crippen LogP contribution in [-0.2, 0) is 11.3 Å². The van der Waals surface area contributed by atoms with Gasteiger partial charge in [-0.25, -0.2) is 0 Å². The summed E-state index contributed by atoms with van der Waals surface area (Å²) >= 11 is 0. The number of aromatic nitrogens is 1. The fourth-order valence-electron chi connectivity index (χ4n) is 3.53. The smallest absolute Gasteiger partial charge is 0.122 e. The molecule has 2 fully saturated rings. The Hall–Kier alpha value is -1.17. The molecule has 5 heteroatoms. The quantitative estimate of drug-likeness (QED) is 0.910. The van der Waals surface area contributed by atoms with Crippen LogP contribution in [0, 0.1) is 5.92 Å². The van der Waals surface area contributed by atoms with Crippen molar-refractivity contribution in [3.63, 3.8) is 0 Å². The largest absolute Gasteiger partial charge is 0.497 e. The van der Waals surface area contributed by atoms with Crippen molar-refractivity contribution >= 4 is 0 Å². The van der Waals surface area contributed by atoms with E-state index in [1.165, 1.54) is 6.42 Å². The van der Waals surface area contributed by atoms with Crippen LogP contribution in [0.1, 0.15) is 25.0 Å². The summed E-state index contributed by atoms with van der Waals surface area (Å²) < 4.78 is 10.8. The number of hydrogen-bond donors (Lipinski definition) is 1. The number of rotatable bonds is 4. The molecule has 0 amide bonds. The molecule has 0 aliphatic carbocycles. The van der Waals surface area contributed by atoms with Gasteiger partial charge in [-0.1, -0.05) is 0 Å². The minimum Gasteiger partial charge on any atom is -0.497 e. The molecule has 0 radical (unpaired) electrons. The SMILES string of the molecule is COc1ccnc(CN2CCC[C@@H]2[C@@H]2COCC[C@H]2O)c1. The van der Waals surface area contributed by atoms with Crippen LogP contribution < -0.4 is 4.74 Å². The predicted molar refractivity (Wildman–Crippen MR) is 79.2 cm³/mol. The summed E-state index contributed by atoms with van der Waals surface area (Å²) in [6.45, 7) is 3.23. The summed E-state index contributed by atoms with van der Waals surface area (Å²) in [6, 6.07) is 4.25. The summed E-state index contributed by atoms with van der Waals surface area (Å²) in [7, 11) is 1.67.